The molecule has 6 heteroatoms. The van der Waals surface area contributed by atoms with Gasteiger partial charge in [0.2, 0.25) is 11.8 Å². The minimum atomic E-state index is -0.264. The quantitative estimate of drug-likeness (QED) is 0.774. The van der Waals surface area contributed by atoms with Gasteiger partial charge in [0.05, 0.1) is 0 Å². The molecule has 2 aromatic carbocycles. The van der Waals surface area contributed by atoms with Gasteiger partial charge in [-0.2, -0.15) is 0 Å². The minimum Gasteiger partial charge on any atom is -0.339 e. The number of nitrogens with zero attached hydrogens (tertiary/aromatic N) is 2. The number of rotatable bonds is 4. The van der Waals surface area contributed by atoms with Crippen molar-refractivity contribution in [1.29, 1.82) is 0 Å². The molecule has 2 aliphatic carbocycles. The van der Waals surface area contributed by atoms with E-state index in [1.54, 1.807) is 24.3 Å². The molecule has 2 aromatic rings. The Bertz CT molecular complexity index is 873. The van der Waals surface area contributed by atoms with Crippen LogP contribution in [0.15, 0.2) is 48.5 Å². The second kappa shape index (κ2) is 7.49. The largest absolute Gasteiger partial charge is 0.339 e. The van der Waals surface area contributed by atoms with Crippen LogP contribution < -0.4 is 0 Å². The van der Waals surface area contributed by atoms with Crippen molar-refractivity contribution in [3.63, 3.8) is 0 Å². The molecule has 30 heavy (non-hydrogen) atoms. The number of hydrogen-bond donors (Lipinski definition) is 0. The molecule has 0 aromatic heterocycles. The molecule has 0 bridgehead atoms. The average Bonchev–Trinajstić information content (AvgIpc) is 3.68. The van der Waals surface area contributed by atoms with Crippen molar-refractivity contribution in [1.82, 2.24) is 9.80 Å². The highest BCUT2D eigenvalue weighted by molar-refractivity contribution is 5.85. The maximum atomic E-state index is 13.1. The van der Waals surface area contributed by atoms with Crippen molar-refractivity contribution < 1.29 is 18.4 Å². The second-order valence-corrected chi connectivity index (χ2v) is 8.65. The first kappa shape index (κ1) is 19.2. The molecule has 4 nitrogen and oxygen atoms in total. The lowest BCUT2D eigenvalue weighted by Gasteiger charge is -2.35. The van der Waals surface area contributed by atoms with E-state index >= 15 is 0 Å². The fraction of sp³-hybridized carbons (Fsp3) is 0.417. The van der Waals surface area contributed by atoms with Gasteiger partial charge in [0.15, 0.2) is 0 Å². The third-order valence-corrected chi connectivity index (χ3v) is 6.71. The lowest BCUT2D eigenvalue weighted by molar-refractivity contribution is -0.141. The third kappa shape index (κ3) is 3.71. The second-order valence-electron chi connectivity index (χ2n) is 8.65. The number of carbonyl (C=O) groups is 2. The van der Waals surface area contributed by atoms with Gasteiger partial charge in [-0.15, -0.1) is 0 Å². The highest BCUT2D eigenvalue weighted by Gasteiger charge is 2.48. The van der Waals surface area contributed by atoms with Gasteiger partial charge in [-0.1, -0.05) is 24.3 Å². The van der Waals surface area contributed by atoms with Crippen molar-refractivity contribution in [3.05, 3.63) is 71.3 Å². The van der Waals surface area contributed by atoms with Crippen LogP contribution in [-0.2, 0) is 9.59 Å². The Kier molecular flexibility index (Phi) is 4.80. The molecule has 1 heterocycles. The van der Waals surface area contributed by atoms with E-state index in [-0.39, 0.29) is 47.1 Å². The monoisotopic (exact) mass is 410 g/mol. The summed E-state index contributed by atoms with van der Waals surface area (Å²) in [7, 11) is 0. The summed E-state index contributed by atoms with van der Waals surface area (Å²) in [5, 5.41) is 0. The van der Waals surface area contributed by atoms with Crippen molar-refractivity contribution in [2.75, 3.05) is 26.2 Å². The van der Waals surface area contributed by atoms with Crippen LogP contribution in [0, 0.1) is 23.5 Å². The standard InChI is InChI=1S/C24H24F2N2O2/c25-17-5-1-15(2-6-17)19-13-21(19)23(29)27-9-11-28(12-10-27)24(30)22-14-20(22)16-3-7-18(26)8-4-16/h1-8,19-22H,9-14H2/t19-,20-,21+,22+/m0/s1. The van der Waals surface area contributed by atoms with Gasteiger partial charge in [-0.3, -0.25) is 9.59 Å². The maximum absolute atomic E-state index is 13.1. The molecule has 2 amide bonds. The Morgan fingerprint density at radius 1 is 0.633 bits per heavy atom. The van der Waals surface area contributed by atoms with Crippen molar-refractivity contribution in [2.45, 2.75) is 24.7 Å². The predicted octanol–water partition coefficient (Wildman–Crippen LogP) is 3.54. The van der Waals surface area contributed by atoms with Gasteiger partial charge in [0, 0.05) is 38.0 Å². The fourth-order valence-corrected chi connectivity index (χ4v) is 4.71. The molecule has 3 aliphatic rings. The lowest BCUT2D eigenvalue weighted by atomic mass is 10.1. The Balaban J connectivity index is 1.12. The van der Waals surface area contributed by atoms with E-state index in [9.17, 15) is 18.4 Å². The molecule has 4 atom stereocenters. The number of halogens is 2. The number of carbonyl (C=O) groups excluding carboxylic acids is 2. The van der Waals surface area contributed by atoms with Crippen molar-refractivity contribution in [3.8, 4) is 0 Å². The van der Waals surface area contributed by atoms with Gasteiger partial charge >= 0.3 is 0 Å². The molecule has 0 radical (unpaired) electrons. The first-order valence-electron chi connectivity index (χ1n) is 10.6. The Morgan fingerprint density at radius 2 is 0.967 bits per heavy atom. The Morgan fingerprint density at radius 3 is 1.30 bits per heavy atom. The maximum Gasteiger partial charge on any atom is 0.226 e. The van der Waals surface area contributed by atoms with Crippen molar-refractivity contribution >= 4 is 11.8 Å². The zero-order valence-electron chi connectivity index (χ0n) is 16.6. The van der Waals surface area contributed by atoms with E-state index in [2.05, 4.69) is 0 Å². The summed E-state index contributed by atoms with van der Waals surface area (Å²) in [6.07, 6.45) is 1.62. The summed E-state index contributed by atoms with van der Waals surface area (Å²) in [6.45, 7) is 2.24. The van der Waals surface area contributed by atoms with Gasteiger partial charge < -0.3 is 9.80 Å². The molecule has 0 N–H and O–H groups in total. The van der Waals surface area contributed by atoms with Gasteiger partial charge in [0.25, 0.3) is 0 Å². The van der Waals surface area contributed by atoms with Gasteiger partial charge in [-0.25, -0.2) is 8.78 Å². The summed E-state index contributed by atoms with van der Waals surface area (Å²) in [6, 6.07) is 12.8. The molecule has 1 aliphatic heterocycles. The molecular weight excluding hydrogens is 386 g/mol. The molecule has 5 rings (SSSR count). The number of amides is 2. The normalized spacial score (nSPS) is 27.7. The van der Waals surface area contributed by atoms with Gasteiger partial charge in [-0.05, 0) is 60.1 Å². The lowest BCUT2D eigenvalue weighted by Crippen LogP contribution is -2.51. The summed E-state index contributed by atoms with van der Waals surface area (Å²) >= 11 is 0. The van der Waals surface area contributed by atoms with Crippen LogP contribution in [0.3, 0.4) is 0 Å². The molecular formula is C24H24F2N2O2. The van der Waals surface area contributed by atoms with Gasteiger partial charge in [0.1, 0.15) is 11.6 Å². The van der Waals surface area contributed by atoms with Crippen LogP contribution in [0.1, 0.15) is 35.8 Å². The van der Waals surface area contributed by atoms with Crippen LogP contribution in [0.25, 0.3) is 0 Å². The first-order chi connectivity index (χ1) is 14.5. The van der Waals surface area contributed by atoms with Crippen molar-refractivity contribution in [2.24, 2.45) is 11.8 Å². The SMILES string of the molecule is O=C([C@@H]1C[C@H]1c1ccc(F)cc1)N1CCN(C(=O)[C@@H]2C[C@H]2c2ccc(F)cc2)CC1. The molecule has 0 spiro atoms. The number of hydrogen-bond acceptors (Lipinski definition) is 2. The van der Waals surface area contributed by atoms with Crippen LogP contribution in [0.5, 0.6) is 0 Å². The van der Waals surface area contributed by atoms with E-state index in [4.69, 9.17) is 0 Å². The average molecular weight is 410 g/mol. The smallest absolute Gasteiger partial charge is 0.226 e. The molecule has 1 saturated heterocycles. The zero-order chi connectivity index (χ0) is 20.8. The third-order valence-electron chi connectivity index (χ3n) is 6.71. The summed E-state index contributed by atoms with van der Waals surface area (Å²) in [5.74, 6) is 0.0780. The van der Waals surface area contributed by atoms with E-state index < -0.39 is 0 Å². The van der Waals surface area contributed by atoms with E-state index in [0.717, 1.165) is 24.0 Å². The first-order valence-corrected chi connectivity index (χ1v) is 10.6. The molecule has 2 saturated carbocycles. The van der Waals surface area contributed by atoms with E-state index in [1.165, 1.54) is 24.3 Å². The minimum absolute atomic E-state index is 0.0241. The molecule has 0 unspecified atom stereocenters. The summed E-state index contributed by atoms with van der Waals surface area (Å²) < 4.78 is 26.2. The number of piperazine rings is 1. The van der Waals surface area contributed by atoms with Crippen LogP contribution in [-0.4, -0.2) is 47.8 Å². The van der Waals surface area contributed by atoms with E-state index in [1.807, 2.05) is 9.80 Å². The molecule has 156 valence electrons. The van der Waals surface area contributed by atoms with E-state index in [0.29, 0.717) is 26.2 Å². The van der Waals surface area contributed by atoms with Crippen LogP contribution in [0.4, 0.5) is 8.78 Å². The summed E-state index contributed by atoms with van der Waals surface area (Å²) in [4.78, 5) is 29.4. The zero-order valence-corrected chi connectivity index (χ0v) is 16.6. The Labute approximate surface area is 174 Å². The predicted molar refractivity (Wildman–Crippen MR) is 108 cm³/mol. The highest BCUT2D eigenvalue weighted by atomic mass is 19.1. The summed E-state index contributed by atoms with van der Waals surface area (Å²) in [5.41, 5.74) is 2.04. The van der Waals surface area contributed by atoms with Crippen LogP contribution >= 0.6 is 0 Å². The Hall–Kier alpha value is -2.76. The van der Waals surface area contributed by atoms with Crippen LogP contribution in [0.2, 0.25) is 0 Å². The topological polar surface area (TPSA) is 40.6 Å². The molecule has 3 fully saturated rings. The fourth-order valence-electron chi connectivity index (χ4n) is 4.71. The number of benzene rings is 2. The highest BCUT2D eigenvalue weighted by Crippen LogP contribution is 2.49.